The van der Waals surface area contributed by atoms with E-state index in [0.29, 0.717) is 30.9 Å². The standard InChI is InChI=1S/C10H16N4O2/c1-3-10(16)4-14(5-10)9(15)8-7(11)6(2)12-13-8/h16H,3-5,11H2,1-2H3,(H,12,13). The lowest BCUT2D eigenvalue weighted by atomic mass is 9.91. The van der Waals surface area contributed by atoms with Crippen LogP contribution in [0, 0.1) is 6.92 Å². The third kappa shape index (κ3) is 1.55. The molecule has 0 aliphatic carbocycles. The lowest BCUT2D eigenvalue weighted by Gasteiger charge is -2.45. The van der Waals surface area contributed by atoms with Crippen LogP contribution in [0.25, 0.3) is 0 Å². The number of anilines is 1. The second kappa shape index (κ2) is 3.48. The SMILES string of the molecule is CCC1(O)CN(C(=O)c2n[nH]c(C)c2N)C1. The Labute approximate surface area is 93.4 Å². The van der Waals surface area contributed by atoms with Crippen molar-refractivity contribution >= 4 is 11.6 Å². The van der Waals surface area contributed by atoms with Gasteiger partial charge in [0.05, 0.1) is 30.1 Å². The number of nitrogens with two attached hydrogens (primary N) is 1. The van der Waals surface area contributed by atoms with Crippen molar-refractivity contribution in [2.75, 3.05) is 18.8 Å². The Morgan fingerprint density at radius 3 is 2.75 bits per heavy atom. The van der Waals surface area contributed by atoms with Crippen LogP contribution in [-0.4, -0.2) is 44.8 Å². The molecule has 4 N–H and O–H groups in total. The normalized spacial score (nSPS) is 18.3. The van der Waals surface area contributed by atoms with E-state index in [0.717, 1.165) is 0 Å². The number of aliphatic hydroxyl groups is 1. The molecule has 1 aliphatic rings. The summed E-state index contributed by atoms with van der Waals surface area (Å²) in [5.74, 6) is -0.222. The Morgan fingerprint density at radius 1 is 1.69 bits per heavy atom. The molecule has 0 bridgehead atoms. The molecule has 0 spiro atoms. The van der Waals surface area contributed by atoms with Crippen LogP contribution in [0.3, 0.4) is 0 Å². The largest absolute Gasteiger partial charge is 0.395 e. The lowest BCUT2D eigenvalue weighted by molar-refractivity contribution is -0.0827. The summed E-state index contributed by atoms with van der Waals surface area (Å²) < 4.78 is 0. The zero-order valence-electron chi connectivity index (χ0n) is 9.45. The Morgan fingerprint density at radius 2 is 2.31 bits per heavy atom. The molecule has 16 heavy (non-hydrogen) atoms. The molecule has 1 aliphatic heterocycles. The fraction of sp³-hybridized carbons (Fsp3) is 0.600. The summed E-state index contributed by atoms with van der Waals surface area (Å²) in [6, 6.07) is 0. The van der Waals surface area contributed by atoms with Gasteiger partial charge >= 0.3 is 0 Å². The molecule has 6 nitrogen and oxygen atoms in total. The molecular weight excluding hydrogens is 208 g/mol. The fourth-order valence-corrected chi connectivity index (χ4v) is 1.78. The summed E-state index contributed by atoms with van der Waals surface area (Å²) in [4.78, 5) is 13.5. The Bertz CT molecular complexity index is 420. The van der Waals surface area contributed by atoms with Gasteiger partial charge in [-0.05, 0) is 13.3 Å². The van der Waals surface area contributed by atoms with Gasteiger partial charge in [0.1, 0.15) is 0 Å². The quantitative estimate of drug-likeness (QED) is 0.653. The van der Waals surface area contributed by atoms with E-state index < -0.39 is 5.60 Å². The van der Waals surface area contributed by atoms with E-state index in [2.05, 4.69) is 10.2 Å². The van der Waals surface area contributed by atoms with Crippen molar-refractivity contribution in [1.82, 2.24) is 15.1 Å². The van der Waals surface area contributed by atoms with E-state index in [1.807, 2.05) is 6.92 Å². The van der Waals surface area contributed by atoms with E-state index in [1.54, 1.807) is 11.8 Å². The number of aromatic nitrogens is 2. The van der Waals surface area contributed by atoms with Gasteiger partial charge in [-0.3, -0.25) is 9.89 Å². The summed E-state index contributed by atoms with van der Waals surface area (Å²) in [6.45, 7) is 4.37. The van der Waals surface area contributed by atoms with E-state index in [9.17, 15) is 9.90 Å². The highest BCUT2D eigenvalue weighted by molar-refractivity contribution is 5.98. The highest BCUT2D eigenvalue weighted by atomic mass is 16.3. The van der Waals surface area contributed by atoms with Crippen LogP contribution in [0.1, 0.15) is 29.5 Å². The summed E-state index contributed by atoms with van der Waals surface area (Å²) in [6.07, 6.45) is 0.645. The molecule has 1 fully saturated rings. The van der Waals surface area contributed by atoms with Gasteiger partial charge in [-0.15, -0.1) is 0 Å². The number of aromatic amines is 1. The molecule has 0 radical (unpaired) electrons. The first-order valence-corrected chi connectivity index (χ1v) is 5.29. The predicted molar refractivity (Wildman–Crippen MR) is 58.9 cm³/mol. The lowest BCUT2D eigenvalue weighted by Crippen LogP contribution is -2.63. The Balaban J connectivity index is 2.09. The molecule has 0 saturated carbocycles. The van der Waals surface area contributed by atoms with E-state index >= 15 is 0 Å². The summed E-state index contributed by atoms with van der Waals surface area (Å²) in [7, 11) is 0. The van der Waals surface area contributed by atoms with Gasteiger partial charge in [0, 0.05) is 0 Å². The number of hydrogen-bond donors (Lipinski definition) is 3. The summed E-state index contributed by atoms with van der Waals surface area (Å²) in [5.41, 5.74) is 6.31. The van der Waals surface area contributed by atoms with Crippen LogP contribution >= 0.6 is 0 Å². The molecule has 1 saturated heterocycles. The van der Waals surface area contributed by atoms with Crippen LogP contribution in [0.4, 0.5) is 5.69 Å². The van der Waals surface area contributed by atoms with Crippen molar-refractivity contribution in [1.29, 1.82) is 0 Å². The van der Waals surface area contributed by atoms with Gasteiger partial charge in [0.25, 0.3) is 5.91 Å². The smallest absolute Gasteiger partial charge is 0.276 e. The summed E-state index contributed by atoms with van der Waals surface area (Å²) in [5, 5.41) is 16.3. The number of β-amino-alcohol motifs (C(OH)–C–C–N with tert-alkyl or cyclic N) is 1. The van der Waals surface area contributed by atoms with Crippen molar-refractivity contribution in [2.45, 2.75) is 25.9 Å². The molecule has 0 aromatic carbocycles. The number of nitrogens with one attached hydrogen (secondary N) is 1. The third-order valence-electron chi connectivity index (χ3n) is 3.11. The molecule has 2 rings (SSSR count). The first-order chi connectivity index (χ1) is 7.47. The number of carbonyl (C=O) groups is 1. The Kier molecular flexibility index (Phi) is 2.38. The maximum absolute atomic E-state index is 11.9. The zero-order chi connectivity index (χ0) is 11.9. The van der Waals surface area contributed by atoms with Crippen LogP contribution < -0.4 is 5.73 Å². The van der Waals surface area contributed by atoms with E-state index in [-0.39, 0.29) is 11.6 Å². The number of nitrogen functional groups attached to an aromatic ring is 1. The van der Waals surface area contributed by atoms with Crippen molar-refractivity contribution in [3.8, 4) is 0 Å². The highest BCUT2D eigenvalue weighted by Gasteiger charge is 2.43. The average molecular weight is 224 g/mol. The maximum atomic E-state index is 11.9. The summed E-state index contributed by atoms with van der Waals surface area (Å²) >= 11 is 0. The molecule has 0 atom stereocenters. The Hall–Kier alpha value is -1.56. The monoisotopic (exact) mass is 224 g/mol. The maximum Gasteiger partial charge on any atom is 0.276 e. The zero-order valence-corrected chi connectivity index (χ0v) is 9.45. The number of likely N-dealkylation sites (tertiary alicyclic amines) is 1. The molecule has 2 heterocycles. The van der Waals surface area contributed by atoms with Crippen molar-refractivity contribution in [2.24, 2.45) is 0 Å². The van der Waals surface area contributed by atoms with E-state index in [1.165, 1.54) is 0 Å². The van der Waals surface area contributed by atoms with Crippen LogP contribution in [0.15, 0.2) is 0 Å². The second-order valence-electron chi connectivity index (χ2n) is 4.35. The molecule has 0 unspecified atom stereocenters. The molecule has 6 heteroatoms. The van der Waals surface area contributed by atoms with Gasteiger partial charge in [-0.1, -0.05) is 6.92 Å². The molecule has 1 aromatic heterocycles. The van der Waals surface area contributed by atoms with E-state index in [4.69, 9.17) is 5.73 Å². The third-order valence-corrected chi connectivity index (χ3v) is 3.11. The number of hydrogen-bond acceptors (Lipinski definition) is 4. The number of amides is 1. The first kappa shape index (κ1) is 10.9. The van der Waals surface area contributed by atoms with Crippen molar-refractivity contribution in [3.63, 3.8) is 0 Å². The minimum Gasteiger partial charge on any atom is -0.395 e. The second-order valence-corrected chi connectivity index (χ2v) is 4.35. The molecule has 88 valence electrons. The minimum atomic E-state index is -0.726. The number of H-pyrrole nitrogens is 1. The number of aryl methyl sites for hydroxylation is 1. The van der Waals surface area contributed by atoms with Gasteiger partial charge in [0.15, 0.2) is 5.69 Å². The van der Waals surface area contributed by atoms with Crippen molar-refractivity contribution < 1.29 is 9.90 Å². The van der Waals surface area contributed by atoms with Crippen molar-refractivity contribution in [3.05, 3.63) is 11.4 Å². The first-order valence-electron chi connectivity index (χ1n) is 5.29. The topological polar surface area (TPSA) is 95.2 Å². The number of nitrogens with zero attached hydrogens (tertiary/aromatic N) is 2. The van der Waals surface area contributed by atoms with Crippen LogP contribution in [0.5, 0.6) is 0 Å². The minimum absolute atomic E-state index is 0.222. The highest BCUT2D eigenvalue weighted by Crippen LogP contribution is 2.26. The van der Waals surface area contributed by atoms with Gasteiger partial charge < -0.3 is 15.7 Å². The van der Waals surface area contributed by atoms with Gasteiger partial charge in [0.2, 0.25) is 0 Å². The molecule has 1 amide bonds. The average Bonchev–Trinajstić information content (AvgIpc) is 2.54. The molecule has 1 aromatic rings. The fourth-order valence-electron chi connectivity index (χ4n) is 1.78. The van der Waals surface area contributed by atoms with Gasteiger partial charge in [-0.2, -0.15) is 5.10 Å². The number of carbonyl (C=O) groups excluding carboxylic acids is 1. The van der Waals surface area contributed by atoms with Crippen LogP contribution in [0.2, 0.25) is 0 Å². The van der Waals surface area contributed by atoms with Crippen LogP contribution in [-0.2, 0) is 0 Å². The number of rotatable bonds is 2. The molecular formula is C10H16N4O2. The predicted octanol–water partition coefficient (Wildman–Crippen LogP) is -0.103. The van der Waals surface area contributed by atoms with Gasteiger partial charge in [-0.25, -0.2) is 0 Å².